The molecule has 2 aromatic carbocycles. The third-order valence-corrected chi connectivity index (χ3v) is 5.94. The molecule has 0 spiro atoms. The first kappa shape index (κ1) is 23.0. The Bertz CT molecular complexity index is 929. The Balaban J connectivity index is 2.14. The topological polar surface area (TPSA) is 55.8 Å². The number of piperazine rings is 1. The van der Waals surface area contributed by atoms with Crippen LogP contribution in [0, 0.1) is 11.6 Å². The van der Waals surface area contributed by atoms with Gasteiger partial charge in [0.2, 0.25) is 0 Å². The second-order valence-corrected chi connectivity index (χ2v) is 8.18. The molecule has 0 aromatic heterocycles. The monoisotopic (exact) mass is 431 g/mol. The predicted octanol–water partition coefficient (Wildman–Crippen LogP) is 3.93. The first-order valence-corrected chi connectivity index (χ1v) is 10.8. The van der Waals surface area contributed by atoms with E-state index in [9.17, 15) is 9.90 Å². The Labute approximate surface area is 182 Å². The number of carbonyl (C=O) groups is 1. The second kappa shape index (κ2) is 9.64. The molecule has 0 radical (unpaired) electrons. The summed E-state index contributed by atoms with van der Waals surface area (Å²) in [7, 11) is 0. The van der Waals surface area contributed by atoms with E-state index in [0.717, 1.165) is 0 Å². The van der Waals surface area contributed by atoms with Crippen LogP contribution in [-0.4, -0.2) is 54.2 Å². The van der Waals surface area contributed by atoms with Gasteiger partial charge in [-0.2, -0.15) is 0 Å². The molecule has 1 aliphatic rings. The van der Waals surface area contributed by atoms with Crippen molar-refractivity contribution in [1.29, 1.82) is 0 Å². The van der Waals surface area contributed by atoms with Crippen LogP contribution in [0.15, 0.2) is 30.3 Å². The van der Waals surface area contributed by atoms with Crippen molar-refractivity contribution in [3.8, 4) is 5.75 Å². The fourth-order valence-corrected chi connectivity index (χ4v) is 4.05. The number of amides is 1. The van der Waals surface area contributed by atoms with Crippen molar-refractivity contribution in [2.45, 2.75) is 46.2 Å². The van der Waals surface area contributed by atoms with Crippen molar-refractivity contribution in [2.24, 2.45) is 0 Å². The highest BCUT2D eigenvalue weighted by Crippen LogP contribution is 2.32. The minimum atomic E-state index is -0.818. The van der Waals surface area contributed by atoms with Gasteiger partial charge < -0.3 is 20.2 Å². The first-order valence-electron chi connectivity index (χ1n) is 10.8. The lowest BCUT2D eigenvalue weighted by atomic mass is 9.97. The van der Waals surface area contributed by atoms with Gasteiger partial charge in [0.15, 0.2) is 5.82 Å². The minimum absolute atomic E-state index is 0.00547. The summed E-state index contributed by atoms with van der Waals surface area (Å²) in [5.41, 5.74) is 0.673. The first-order chi connectivity index (χ1) is 14.8. The lowest BCUT2D eigenvalue weighted by Crippen LogP contribution is -2.54. The maximum Gasteiger partial charge on any atom is 0.256 e. The predicted molar refractivity (Wildman–Crippen MR) is 119 cm³/mol. The minimum Gasteiger partial charge on any atom is -0.508 e. The van der Waals surface area contributed by atoms with Crippen LogP contribution >= 0.6 is 0 Å². The molecule has 0 saturated carbocycles. The number of phenols is 1. The number of carbonyl (C=O) groups excluding carboxylic acids is 1. The van der Waals surface area contributed by atoms with Crippen LogP contribution in [0.3, 0.4) is 0 Å². The zero-order valence-electron chi connectivity index (χ0n) is 18.6. The number of phenolic OH excluding ortho intramolecular Hbond substituents is 1. The van der Waals surface area contributed by atoms with Crippen LogP contribution in [0.1, 0.15) is 49.2 Å². The van der Waals surface area contributed by atoms with Gasteiger partial charge in [-0.15, -0.1) is 0 Å². The van der Waals surface area contributed by atoms with Crippen molar-refractivity contribution in [3.63, 3.8) is 0 Å². The van der Waals surface area contributed by atoms with Crippen molar-refractivity contribution in [2.75, 3.05) is 31.1 Å². The van der Waals surface area contributed by atoms with E-state index in [-0.39, 0.29) is 41.1 Å². The third-order valence-electron chi connectivity index (χ3n) is 5.94. The normalized spacial score (nSPS) is 18.8. The lowest BCUT2D eigenvalue weighted by molar-refractivity contribution is 0.0768. The third kappa shape index (κ3) is 4.82. The molecule has 1 amide bonds. The zero-order chi connectivity index (χ0) is 22.7. The number of nitrogens with zero attached hydrogens (tertiary/aromatic N) is 2. The van der Waals surface area contributed by atoms with E-state index in [1.54, 1.807) is 12.1 Å². The van der Waals surface area contributed by atoms with Gasteiger partial charge in [0, 0.05) is 50.2 Å². The van der Waals surface area contributed by atoms with Gasteiger partial charge in [-0.3, -0.25) is 4.79 Å². The van der Waals surface area contributed by atoms with Gasteiger partial charge in [0.25, 0.3) is 5.91 Å². The Morgan fingerprint density at radius 3 is 2.42 bits per heavy atom. The van der Waals surface area contributed by atoms with Crippen LogP contribution < -0.4 is 10.2 Å². The highest BCUT2D eigenvalue weighted by Gasteiger charge is 2.30. The molecule has 1 aliphatic heterocycles. The highest BCUT2D eigenvalue weighted by atomic mass is 19.1. The van der Waals surface area contributed by atoms with Gasteiger partial charge in [-0.05, 0) is 51.5 Å². The molecule has 168 valence electrons. The summed E-state index contributed by atoms with van der Waals surface area (Å²) >= 11 is 0. The number of nitrogens with one attached hydrogen (secondary N) is 1. The molecular weight excluding hydrogens is 400 g/mol. The van der Waals surface area contributed by atoms with Crippen LogP contribution in [0.4, 0.5) is 14.5 Å². The smallest absolute Gasteiger partial charge is 0.256 e. The number of anilines is 1. The van der Waals surface area contributed by atoms with Crippen molar-refractivity contribution in [3.05, 3.63) is 58.7 Å². The molecule has 2 atom stereocenters. The van der Waals surface area contributed by atoms with Crippen molar-refractivity contribution >= 4 is 11.6 Å². The maximum absolute atomic E-state index is 15.7. The van der Waals surface area contributed by atoms with Crippen LogP contribution in [0.2, 0.25) is 0 Å². The molecule has 2 aromatic rings. The summed E-state index contributed by atoms with van der Waals surface area (Å²) in [6.45, 7) is 9.77. The summed E-state index contributed by atoms with van der Waals surface area (Å²) in [5, 5.41) is 12.9. The summed E-state index contributed by atoms with van der Waals surface area (Å²) in [4.78, 5) is 16.5. The molecule has 2 unspecified atom stereocenters. The number of aromatic hydroxyl groups is 1. The molecule has 1 heterocycles. The molecule has 1 fully saturated rings. The van der Waals surface area contributed by atoms with Crippen LogP contribution in [0.5, 0.6) is 5.75 Å². The van der Waals surface area contributed by atoms with E-state index in [1.165, 1.54) is 23.1 Å². The van der Waals surface area contributed by atoms with Crippen LogP contribution in [-0.2, 0) is 6.42 Å². The molecule has 31 heavy (non-hydrogen) atoms. The summed E-state index contributed by atoms with van der Waals surface area (Å²) in [6.07, 6.45) is -0.0136. The van der Waals surface area contributed by atoms with E-state index in [1.807, 2.05) is 32.6 Å². The Kier molecular flexibility index (Phi) is 7.15. The summed E-state index contributed by atoms with van der Waals surface area (Å²) in [5.74, 6) is -1.81. The molecule has 5 nitrogen and oxygen atoms in total. The number of benzene rings is 2. The summed E-state index contributed by atoms with van der Waals surface area (Å²) in [6, 6.07) is 7.73. The highest BCUT2D eigenvalue weighted by molar-refractivity contribution is 5.96. The van der Waals surface area contributed by atoms with Gasteiger partial charge in [-0.1, -0.05) is 12.1 Å². The fraction of sp³-hybridized carbons (Fsp3) is 0.458. The number of rotatable bonds is 6. The van der Waals surface area contributed by atoms with E-state index >= 15 is 8.78 Å². The van der Waals surface area contributed by atoms with Gasteiger partial charge >= 0.3 is 0 Å². The van der Waals surface area contributed by atoms with Gasteiger partial charge in [0.1, 0.15) is 11.6 Å². The van der Waals surface area contributed by atoms with Gasteiger partial charge in [0.05, 0.1) is 11.3 Å². The largest absolute Gasteiger partial charge is 0.508 e. The Hall–Kier alpha value is -2.67. The van der Waals surface area contributed by atoms with Crippen molar-refractivity contribution in [1.82, 2.24) is 10.2 Å². The number of halogens is 2. The average Bonchev–Trinajstić information content (AvgIpc) is 2.75. The SMILES string of the molecule is CCN(CC)C(=O)c1cc(N2CC(C)NCC2C)c(F)c(Cc2ccc(O)cc2)c1F. The zero-order valence-corrected chi connectivity index (χ0v) is 18.6. The molecular formula is C24H31F2N3O2. The number of hydrogen-bond acceptors (Lipinski definition) is 4. The van der Waals surface area contributed by atoms with Gasteiger partial charge in [-0.25, -0.2) is 8.78 Å². The molecule has 2 N–H and O–H groups in total. The number of hydrogen-bond donors (Lipinski definition) is 2. The Morgan fingerprint density at radius 1 is 1.16 bits per heavy atom. The standard InChI is InChI=1S/C24H31F2N3O2/c1-5-28(6-2)24(31)20-12-21(29-14-15(3)27-13-16(29)4)23(26)19(22(20)25)11-17-7-9-18(30)10-8-17/h7-10,12,15-16,27,30H,5-6,11,13-14H2,1-4H3. The average molecular weight is 432 g/mol. The molecule has 0 bridgehead atoms. The lowest BCUT2D eigenvalue weighted by Gasteiger charge is -2.40. The molecule has 7 heteroatoms. The van der Waals surface area contributed by atoms with E-state index in [4.69, 9.17) is 0 Å². The molecule has 1 saturated heterocycles. The van der Waals surface area contributed by atoms with Crippen molar-refractivity contribution < 1.29 is 18.7 Å². The fourth-order valence-electron chi connectivity index (χ4n) is 4.05. The maximum atomic E-state index is 15.7. The molecule has 0 aliphatic carbocycles. The quantitative estimate of drug-likeness (QED) is 0.728. The summed E-state index contributed by atoms with van der Waals surface area (Å²) < 4.78 is 31.3. The second-order valence-electron chi connectivity index (χ2n) is 8.18. The Morgan fingerprint density at radius 2 is 1.81 bits per heavy atom. The molecule has 3 rings (SSSR count). The van der Waals surface area contributed by atoms with E-state index in [0.29, 0.717) is 31.7 Å². The van der Waals surface area contributed by atoms with E-state index < -0.39 is 17.5 Å². The van der Waals surface area contributed by atoms with E-state index in [2.05, 4.69) is 5.32 Å². The van der Waals surface area contributed by atoms with Crippen LogP contribution in [0.25, 0.3) is 0 Å².